The summed E-state index contributed by atoms with van der Waals surface area (Å²) in [5, 5.41) is 9.00. The zero-order chi connectivity index (χ0) is 8.54. The summed E-state index contributed by atoms with van der Waals surface area (Å²) in [7, 11) is 0. The molecule has 74 valence electrons. The summed E-state index contributed by atoms with van der Waals surface area (Å²) in [5.74, 6) is 0. The molecule has 1 fully saturated rings. The predicted octanol–water partition coefficient (Wildman–Crippen LogP) is 0.687. The zero-order valence-corrected chi connectivity index (χ0v) is 8.49. The molecule has 1 atom stereocenters. The van der Waals surface area contributed by atoms with E-state index in [9.17, 15) is 0 Å². The summed E-state index contributed by atoms with van der Waals surface area (Å²) in [6.07, 6.45) is 1.49. The Bertz CT molecular complexity index is 152. The molecule has 3 nitrogen and oxygen atoms in total. The first-order valence-corrected chi connectivity index (χ1v) is 4.01. The van der Waals surface area contributed by atoms with Crippen molar-refractivity contribution in [1.82, 2.24) is 0 Å². The van der Waals surface area contributed by atoms with Crippen molar-refractivity contribution in [2.24, 2.45) is 5.73 Å². The second-order valence-corrected chi connectivity index (χ2v) is 4.06. The average molecular weight is 196 g/mol. The van der Waals surface area contributed by atoms with E-state index in [1.807, 2.05) is 13.8 Å². The van der Waals surface area contributed by atoms with E-state index in [2.05, 4.69) is 0 Å². The maximum atomic E-state index is 9.00. The van der Waals surface area contributed by atoms with E-state index < -0.39 is 5.54 Å². The topological polar surface area (TPSA) is 55.5 Å². The Morgan fingerprint density at radius 1 is 1.50 bits per heavy atom. The van der Waals surface area contributed by atoms with Crippen LogP contribution < -0.4 is 5.73 Å². The molecule has 4 heteroatoms. The van der Waals surface area contributed by atoms with E-state index in [0.29, 0.717) is 6.61 Å². The summed E-state index contributed by atoms with van der Waals surface area (Å²) in [6, 6.07) is 0. The number of aliphatic hydroxyl groups is 1. The zero-order valence-electron chi connectivity index (χ0n) is 7.67. The number of nitrogens with two attached hydrogens (primary N) is 1. The maximum Gasteiger partial charge on any atom is 0.0644 e. The number of ether oxygens (including phenoxy) is 1. The van der Waals surface area contributed by atoms with Crippen LogP contribution in [0, 0.1) is 0 Å². The lowest BCUT2D eigenvalue weighted by atomic mass is 9.83. The average Bonchev–Trinajstić information content (AvgIpc) is 1.85. The van der Waals surface area contributed by atoms with Gasteiger partial charge in [-0.1, -0.05) is 0 Å². The smallest absolute Gasteiger partial charge is 0.0644 e. The van der Waals surface area contributed by atoms with Gasteiger partial charge < -0.3 is 15.6 Å². The fourth-order valence-electron chi connectivity index (χ4n) is 1.65. The molecular formula is C8H18ClNO2. The van der Waals surface area contributed by atoms with Crippen LogP contribution >= 0.6 is 12.4 Å². The van der Waals surface area contributed by atoms with Gasteiger partial charge in [-0.3, -0.25) is 0 Å². The van der Waals surface area contributed by atoms with Gasteiger partial charge in [0, 0.05) is 12.1 Å². The van der Waals surface area contributed by atoms with Crippen molar-refractivity contribution in [3.8, 4) is 0 Å². The van der Waals surface area contributed by atoms with E-state index in [-0.39, 0.29) is 24.6 Å². The third-order valence-corrected chi connectivity index (χ3v) is 2.19. The van der Waals surface area contributed by atoms with Crippen molar-refractivity contribution in [3.05, 3.63) is 0 Å². The van der Waals surface area contributed by atoms with E-state index in [1.165, 1.54) is 0 Å². The monoisotopic (exact) mass is 195 g/mol. The first-order valence-electron chi connectivity index (χ1n) is 4.01. The van der Waals surface area contributed by atoms with Gasteiger partial charge in [0.2, 0.25) is 0 Å². The van der Waals surface area contributed by atoms with Crippen molar-refractivity contribution in [1.29, 1.82) is 0 Å². The second kappa shape index (κ2) is 3.92. The molecule has 0 aromatic heterocycles. The Kier molecular flexibility index (Phi) is 3.97. The predicted molar refractivity (Wildman–Crippen MR) is 50.5 cm³/mol. The van der Waals surface area contributed by atoms with Crippen molar-refractivity contribution in [3.63, 3.8) is 0 Å². The highest BCUT2D eigenvalue weighted by atomic mass is 35.5. The van der Waals surface area contributed by atoms with Gasteiger partial charge in [-0.05, 0) is 26.7 Å². The molecule has 0 aromatic rings. The van der Waals surface area contributed by atoms with E-state index in [4.69, 9.17) is 15.6 Å². The van der Waals surface area contributed by atoms with Gasteiger partial charge in [0.15, 0.2) is 0 Å². The molecule has 1 unspecified atom stereocenters. The second-order valence-electron chi connectivity index (χ2n) is 4.06. The van der Waals surface area contributed by atoms with Crippen molar-refractivity contribution >= 4 is 12.4 Å². The number of hydrogen-bond acceptors (Lipinski definition) is 3. The molecule has 0 radical (unpaired) electrons. The largest absolute Gasteiger partial charge is 0.394 e. The van der Waals surface area contributed by atoms with Gasteiger partial charge in [0.05, 0.1) is 12.2 Å². The van der Waals surface area contributed by atoms with Crippen LogP contribution in [0.15, 0.2) is 0 Å². The first-order chi connectivity index (χ1) is 4.97. The summed E-state index contributed by atoms with van der Waals surface area (Å²) >= 11 is 0. The molecule has 1 heterocycles. The van der Waals surface area contributed by atoms with E-state index >= 15 is 0 Å². The van der Waals surface area contributed by atoms with Crippen LogP contribution in [0.2, 0.25) is 0 Å². The van der Waals surface area contributed by atoms with Crippen LogP contribution in [0.3, 0.4) is 0 Å². The molecule has 0 saturated carbocycles. The van der Waals surface area contributed by atoms with Gasteiger partial charge >= 0.3 is 0 Å². The molecule has 1 saturated heterocycles. The SMILES string of the molecule is CC1(C)CC(N)(CO)CCO1.Cl. The van der Waals surface area contributed by atoms with Gasteiger partial charge in [-0.2, -0.15) is 0 Å². The van der Waals surface area contributed by atoms with Gasteiger partial charge in [-0.15, -0.1) is 12.4 Å². The van der Waals surface area contributed by atoms with Crippen LogP contribution in [-0.2, 0) is 4.74 Å². The highest BCUT2D eigenvalue weighted by molar-refractivity contribution is 5.85. The fraction of sp³-hybridized carbons (Fsp3) is 1.00. The molecule has 3 N–H and O–H groups in total. The van der Waals surface area contributed by atoms with E-state index in [1.54, 1.807) is 0 Å². The number of aliphatic hydroxyl groups excluding tert-OH is 1. The van der Waals surface area contributed by atoms with Crippen LogP contribution in [0.25, 0.3) is 0 Å². The minimum atomic E-state index is -0.415. The van der Waals surface area contributed by atoms with Crippen LogP contribution in [0.4, 0.5) is 0 Å². The molecule has 0 amide bonds. The molecule has 1 rings (SSSR count). The van der Waals surface area contributed by atoms with Crippen LogP contribution in [0.5, 0.6) is 0 Å². The van der Waals surface area contributed by atoms with Crippen LogP contribution in [-0.4, -0.2) is 29.5 Å². The Labute approximate surface area is 79.7 Å². The third kappa shape index (κ3) is 2.90. The lowest BCUT2D eigenvalue weighted by Crippen LogP contribution is -2.54. The van der Waals surface area contributed by atoms with Gasteiger partial charge in [-0.25, -0.2) is 0 Å². The maximum absolute atomic E-state index is 9.00. The quantitative estimate of drug-likeness (QED) is 0.648. The van der Waals surface area contributed by atoms with Crippen molar-refractivity contribution in [2.75, 3.05) is 13.2 Å². The third-order valence-electron chi connectivity index (χ3n) is 2.19. The lowest BCUT2D eigenvalue weighted by molar-refractivity contribution is -0.0887. The molecular weight excluding hydrogens is 178 g/mol. The minimum absolute atomic E-state index is 0. The van der Waals surface area contributed by atoms with Crippen LogP contribution in [0.1, 0.15) is 26.7 Å². The fourth-order valence-corrected chi connectivity index (χ4v) is 1.65. The Hall–Kier alpha value is 0.170. The first kappa shape index (κ1) is 12.2. The number of rotatable bonds is 1. The summed E-state index contributed by atoms with van der Waals surface area (Å²) in [5.41, 5.74) is 5.32. The van der Waals surface area contributed by atoms with Gasteiger partial charge in [0.25, 0.3) is 0 Å². The van der Waals surface area contributed by atoms with E-state index in [0.717, 1.165) is 12.8 Å². The molecule has 0 spiro atoms. The minimum Gasteiger partial charge on any atom is -0.394 e. The molecule has 0 aromatic carbocycles. The summed E-state index contributed by atoms with van der Waals surface area (Å²) in [6.45, 7) is 4.72. The molecule has 1 aliphatic heterocycles. The molecule has 0 bridgehead atoms. The standard InChI is InChI=1S/C8H17NO2.ClH/c1-7(2)5-8(9,6-10)3-4-11-7;/h10H,3-6,9H2,1-2H3;1H. The molecule has 12 heavy (non-hydrogen) atoms. The summed E-state index contributed by atoms with van der Waals surface area (Å²) < 4.78 is 5.47. The Morgan fingerprint density at radius 2 is 2.08 bits per heavy atom. The highest BCUT2D eigenvalue weighted by Crippen LogP contribution is 2.29. The summed E-state index contributed by atoms with van der Waals surface area (Å²) in [4.78, 5) is 0. The number of hydrogen-bond donors (Lipinski definition) is 2. The normalized spacial score (nSPS) is 34.0. The lowest BCUT2D eigenvalue weighted by Gasteiger charge is -2.41. The van der Waals surface area contributed by atoms with Gasteiger partial charge in [0.1, 0.15) is 0 Å². The highest BCUT2D eigenvalue weighted by Gasteiger charge is 2.37. The number of halogens is 1. The molecule has 1 aliphatic rings. The van der Waals surface area contributed by atoms with Crippen molar-refractivity contribution in [2.45, 2.75) is 37.8 Å². The molecule has 0 aliphatic carbocycles. The Balaban J connectivity index is 0.00000121. The Morgan fingerprint density at radius 3 is 2.42 bits per heavy atom. The van der Waals surface area contributed by atoms with Crippen molar-refractivity contribution < 1.29 is 9.84 Å².